The molecule has 2 heterocycles. The number of aromatic nitrogens is 1. The standard InChI is InChI=1S/C34H41N5O7/c1-21-22(2)38(3)20-27(37-21)24-16-30(45-4)26(31(17-24)46-5)8-6-9-32(42)35-14-7-15-36-34(44)23-10-13-33(43)39(19-23)28-12-11-25(40)18-29(28)41/h10,13,16-17,19-20,28H,2,6-9,11-12,14-15,18H2,1,3-5H3,(H,35,42)(H,36,44). The molecule has 4 rings (SSSR count). The van der Waals surface area contributed by atoms with Crippen molar-refractivity contribution in [3.63, 3.8) is 0 Å². The zero-order valence-electron chi connectivity index (χ0n) is 26.8. The molecule has 0 radical (unpaired) electrons. The van der Waals surface area contributed by atoms with Gasteiger partial charge in [0.05, 0.1) is 49.4 Å². The third-order valence-corrected chi connectivity index (χ3v) is 8.12. The van der Waals surface area contributed by atoms with Crippen LogP contribution in [0, 0.1) is 0 Å². The van der Waals surface area contributed by atoms with Gasteiger partial charge in [0, 0.05) is 62.6 Å². The van der Waals surface area contributed by atoms with Crippen LogP contribution in [0.15, 0.2) is 58.7 Å². The Labute approximate surface area is 268 Å². The number of pyridine rings is 1. The summed E-state index contributed by atoms with van der Waals surface area (Å²) < 4.78 is 12.6. The molecule has 1 aliphatic carbocycles. The van der Waals surface area contributed by atoms with Crippen LogP contribution in [-0.4, -0.2) is 72.9 Å². The van der Waals surface area contributed by atoms with Gasteiger partial charge < -0.3 is 29.6 Å². The highest BCUT2D eigenvalue weighted by Gasteiger charge is 2.29. The van der Waals surface area contributed by atoms with Crippen molar-refractivity contribution in [1.82, 2.24) is 20.1 Å². The van der Waals surface area contributed by atoms with Gasteiger partial charge in [-0.25, -0.2) is 4.99 Å². The van der Waals surface area contributed by atoms with Gasteiger partial charge in [0.1, 0.15) is 17.3 Å². The van der Waals surface area contributed by atoms with Crippen molar-refractivity contribution in [3.8, 4) is 11.5 Å². The number of allylic oxidation sites excluding steroid dienone is 1. The number of methoxy groups -OCH3 is 2. The minimum Gasteiger partial charge on any atom is -0.496 e. The molecule has 12 nitrogen and oxygen atoms in total. The number of hydrogen-bond acceptors (Lipinski definition) is 9. The first-order valence-corrected chi connectivity index (χ1v) is 15.3. The molecule has 2 aliphatic rings. The maximum Gasteiger partial charge on any atom is 0.252 e. The number of carbonyl (C=O) groups excluding carboxylic acids is 4. The van der Waals surface area contributed by atoms with E-state index >= 15 is 0 Å². The van der Waals surface area contributed by atoms with Crippen molar-refractivity contribution in [2.45, 2.75) is 57.9 Å². The number of amides is 2. The monoisotopic (exact) mass is 631 g/mol. The van der Waals surface area contributed by atoms with E-state index in [0.717, 1.165) is 28.2 Å². The van der Waals surface area contributed by atoms with Crippen molar-refractivity contribution in [1.29, 1.82) is 0 Å². The number of ether oxygens (including phenoxy) is 2. The summed E-state index contributed by atoms with van der Waals surface area (Å²) in [5.41, 5.74) is 3.98. The SMILES string of the molecule is C=C1C(C)=NC(c2cc(OC)c(CCCC(=O)NCCCNC(=O)c3ccc(=O)n(C4CCC(=O)CC4=O)c3)c(OC)c2)=CN1C. The van der Waals surface area contributed by atoms with Gasteiger partial charge in [-0.1, -0.05) is 6.58 Å². The molecule has 1 fully saturated rings. The highest BCUT2D eigenvalue weighted by atomic mass is 16.5. The third kappa shape index (κ3) is 8.17. The first-order chi connectivity index (χ1) is 22.0. The van der Waals surface area contributed by atoms with Crippen LogP contribution >= 0.6 is 0 Å². The minimum absolute atomic E-state index is 0.107. The Morgan fingerprint density at radius 3 is 2.39 bits per heavy atom. The average Bonchev–Trinajstić information content (AvgIpc) is 3.03. The van der Waals surface area contributed by atoms with Crippen LogP contribution in [0.3, 0.4) is 0 Å². The molecular formula is C34H41N5O7. The van der Waals surface area contributed by atoms with Gasteiger partial charge in [0.15, 0.2) is 5.78 Å². The zero-order chi connectivity index (χ0) is 33.4. The molecule has 0 spiro atoms. The van der Waals surface area contributed by atoms with E-state index in [-0.39, 0.29) is 42.3 Å². The fourth-order valence-corrected chi connectivity index (χ4v) is 5.48. The van der Waals surface area contributed by atoms with Crippen molar-refractivity contribution in [2.24, 2.45) is 4.99 Å². The number of benzene rings is 1. The second-order valence-electron chi connectivity index (χ2n) is 11.3. The highest BCUT2D eigenvalue weighted by molar-refractivity contribution is 6.03. The fourth-order valence-electron chi connectivity index (χ4n) is 5.48. The van der Waals surface area contributed by atoms with Gasteiger partial charge in [0.2, 0.25) is 5.91 Å². The number of ketones is 2. The zero-order valence-corrected chi connectivity index (χ0v) is 26.8. The van der Waals surface area contributed by atoms with E-state index in [1.807, 2.05) is 37.2 Å². The van der Waals surface area contributed by atoms with Crippen molar-refractivity contribution >= 4 is 34.8 Å². The first kappa shape index (κ1) is 33.9. The summed E-state index contributed by atoms with van der Waals surface area (Å²) in [5.74, 6) is 0.349. The van der Waals surface area contributed by atoms with Crippen molar-refractivity contribution in [3.05, 3.63) is 76.0 Å². The lowest BCUT2D eigenvalue weighted by atomic mass is 9.92. The summed E-state index contributed by atoms with van der Waals surface area (Å²) in [4.78, 5) is 67.9. The van der Waals surface area contributed by atoms with Gasteiger partial charge in [-0.2, -0.15) is 0 Å². The second kappa shape index (κ2) is 15.3. The van der Waals surface area contributed by atoms with Crippen molar-refractivity contribution in [2.75, 3.05) is 34.4 Å². The normalized spacial score (nSPS) is 16.5. The number of nitrogens with one attached hydrogen (secondary N) is 2. The predicted octanol–water partition coefficient (Wildman–Crippen LogP) is 3.21. The third-order valence-electron chi connectivity index (χ3n) is 8.12. The van der Waals surface area contributed by atoms with E-state index < -0.39 is 17.5 Å². The van der Waals surface area contributed by atoms with E-state index in [2.05, 4.69) is 22.2 Å². The van der Waals surface area contributed by atoms with Gasteiger partial charge in [-0.05, 0) is 50.8 Å². The van der Waals surface area contributed by atoms with Gasteiger partial charge >= 0.3 is 0 Å². The Bertz CT molecular complexity index is 1630. The summed E-state index contributed by atoms with van der Waals surface area (Å²) in [5, 5.41) is 5.65. The molecule has 46 heavy (non-hydrogen) atoms. The molecule has 2 amide bonds. The number of aliphatic imine (C=N–C) groups is 1. The lowest BCUT2D eigenvalue weighted by Gasteiger charge is -2.24. The molecule has 1 atom stereocenters. The smallest absolute Gasteiger partial charge is 0.252 e. The van der Waals surface area contributed by atoms with Crippen LogP contribution in [0.4, 0.5) is 0 Å². The summed E-state index contributed by atoms with van der Waals surface area (Å²) in [6, 6.07) is 5.75. The van der Waals surface area contributed by atoms with Crippen LogP contribution in [0.2, 0.25) is 0 Å². The Hall–Kier alpha value is -5.00. The summed E-state index contributed by atoms with van der Waals surface area (Å²) >= 11 is 0. The summed E-state index contributed by atoms with van der Waals surface area (Å²) in [6.45, 7) is 6.62. The Kier molecular flexibility index (Phi) is 11.3. The molecule has 1 aromatic heterocycles. The van der Waals surface area contributed by atoms with Crippen LogP contribution < -0.4 is 25.7 Å². The second-order valence-corrected chi connectivity index (χ2v) is 11.3. The lowest BCUT2D eigenvalue weighted by molar-refractivity contribution is -0.132. The molecule has 12 heteroatoms. The Balaban J connectivity index is 1.23. The first-order valence-electron chi connectivity index (χ1n) is 15.3. The van der Waals surface area contributed by atoms with Crippen LogP contribution in [0.1, 0.15) is 73.0 Å². The van der Waals surface area contributed by atoms with E-state index in [0.29, 0.717) is 50.3 Å². The Morgan fingerprint density at radius 2 is 1.74 bits per heavy atom. The molecule has 2 N–H and O–H groups in total. The van der Waals surface area contributed by atoms with Gasteiger partial charge in [-0.15, -0.1) is 0 Å². The highest BCUT2D eigenvalue weighted by Crippen LogP contribution is 2.36. The van der Waals surface area contributed by atoms with Gasteiger partial charge in [-0.3, -0.25) is 24.0 Å². The van der Waals surface area contributed by atoms with E-state index in [9.17, 15) is 24.0 Å². The predicted molar refractivity (Wildman–Crippen MR) is 174 cm³/mol. The van der Waals surface area contributed by atoms with Crippen LogP contribution in [0.5, 0.6) is 11.5 Å². The summed E-state index contributed by atoms with van der Waals surface area (Å²) in [7, 11) is 5.12. The maximum atomic E-state index is 12.7. The maximum absolute atomic E-state index is 12.7. The molecule has 244 valence electrons. The minimum atomic E-state index is -0.739. The van der Waals surface area contributed by atoms with Gasteiger partial charge in [0.25, 0.3) is 11.5 Å². The quantitative estimate of drug-likeness (QED) is 0.253. The topological polar surface area (TPSA) is 148 Å². The number of nitrogens with zero attached hydrogens (tertiary/aromatic N) is 3. The molecule has 1 aliphatic heterocycles. The number of hydrogen-bond donors (Lipinski definition) is 2. The number of rotatable bonds is 13. The van der Waals surface area contributed by atoms with E-state index in [1.54, 1.807) is 14.2 Å². The molecule has 0 saturated heterocycles. The van der Waals surface area contributed by atoms with E-state index in [1.165, 1.54) is 22.9 Å². The molecule has 1 aromatic carbocycles. The van der Waals surface area contributed by atoms with Crippen molar-refractivity contribution < 1.29 is 28.7 Å². The lowest BCUT2D eigenvalue weighted by Crippen LogP contribution is -2.35. The molecule has 1 unspecified atom stereocenters. The largest absolute Gasteiger partial charge is 0.496 e. The van der Waals surface area contributed by atoms with Crippen LogP contribution in [0.25, 0.3) is 5.70 Å². The fraction of sp³-hybridized carbons (Fsp3) is 0.412. The van der Waals surface area contributed by atoms with E-state index in [4.69, 9.17) is 9.47 Å². The van der Waals surface area contributed by atoms with Crippen LogP contribution in [-0.2, 0) is 20.8 Å². The molecule has 0 bridgehead atoms. The molecular weight excluding hydrogens is 590 g/mol. The summed E-state index contributed by atoms with van der Waals surface area (Å²) in [6.07, 6.45) is 5.50. The number of carbonyl (C=O) groups is 4. The average molecular weight is 632 g/mol. The Morgan fingerprint density at radius 1 is 1.04 bits per heavy atom. The molecule has 2 aromatic rings. The number of Topliss-reactive ketones (excluding diaryl/α,β-unsaturated/α-hetero) is 2. The molecule has 1 saturated carbocycles.